The number of nitrogen functional groups attached to an aromatic ring is 1. The summed E-state index contributed by atoms with van der Waals surface area (Å²) in [6, 6.07) is 1.30. The number of ketones is 4. The molecule has 0 heterocycles. The zero-order valence-corrected chi connectivity index (χ0v) is 17.8. The van der Waals surface area contributed by atoms with Crippen LogP contribution in [0, 0.1) is 23.7 Å². The number of rotatable bonds is 2. The number of fused-ring (bicyclic) bond motifs is 3. The number of likely N-dealkylation sites (N-methyl/N-ethyl adjacent to an activating group) is 1. The Kier molecular flexibility index (Phi) is 4.86. The van der Waals surface area contributed by atoms with Crippen LogP contribution >= 0.6 is 0 Å². The van der Waals surface area contributed by atoms with Crippen LogP contribution in [0.2, 0.25) is 0 Å². The number of hydrogen-bond donors (Lipinski definition) is 5. The number of primary amides is 1. The molecule has 1 aromatic carbocycles. The molecule has 3 aliphatic carbocycles. The van der Waals surface area contributed by atoms with Gasteiger partial charge in [-0.3, -0.25) is 28.9 Å². The van der Waals surface area contributed by atoms with Gasteiger partial charge in [0.15, 0.2) is 34.7 Å². The molecule has 1 amide bonds. The molecule has 6 unspecified atom stereocenters. The smallest absolute Gasteiger partial charge is 0.235 e. The Morgan fingerprint density at radius 1 is 1.15 bits per heavy atom. The molecule has 0 spiro atoms. The number of aliphatic hydroxyl groups is 2. The molecule has 2 saturated carbocycles. The number of carbonyl (C=O) groups is 5. The maximum absolute atomic E-state index is 13.6. The Morgan fingerprint density at radius 3 is 2.30 bits per heavy atom. The first-order valence-electron chi connectivity index (χ1n) is 10.1. The van der Waals surface area contributed by atoms with Gasteiger partial charge in [0.25, 0.3) is 0 Å². The molecular weight excluding hydrogens is 434 g/mol. The SMILES string of the molecule is C=C1c2ccc(N)c(O)c2C(=O)C2C(=O)[C@]3(O)C(=O)C(C(N)=O)C(=O)C(N(C)C)C3C(O)C12. The van der Waals surface area contributed by atoms with Crippen molar-refractivity contribution in [2.45, 2.75) is 17.7 Å². The summed E-state index contributed by atoms with van der Waals surface area (Å²) in [5.74, 6) is -13.6. The van der Waals surface area contributed by atoms with Gasteiger partial charge in [0, 0.05) is 5.92 Å². The van der Waals surface area contributed by atoms with Crippen molar-refractivity contribution in [3.8, 4) is 5.75 Å². The minimum absolute atomic E-state index is 0.0993. The van der Waals surface area contributed by atoms with Crippen molar-refractivity contribution in [2.75, 3.05) is 19.8 Å². The minimum Gasteiger partial charge on any atom is -0.505 e. The van der Waals surface area contributed by atoms with Gasteiger partial charge in [0.2, 0.25) is 5.91 Å². The lowest BCUT2D eigenvalue weighted by atomic mass is 9.50. The van der Waals surface area contributed by atoms with Gasteiger partial charge >= 0.3 is 0 Å². The van der Waals surface area contributed by atoms with Crippen LogP contribution in [-0.2, 0) is 19.2 Å². The van der Waals surface area contributed by atoms with Gasteiger partial charge < -0.3 is 26.8 Å². The van der Waals surface area contributed by atoms with Crippen LogP contribution in [0.3, 0.4) is 0 Å². The summed E-state index contributed by atoms with van der Waals surface area (Å²) < 4.78 is 0. The van der Waals surface area contributed by atoms with Gasteiger partial charge in [-0.15, -0.1) is 0 Å². The van der Waals surface area contributed by atoms with E-state index in [0.717, 1.165) is 0 Å². The third kappa shape index (κ3) is 2.63. The molecular formula is C22H23N3O8. The fraction of sp³-hybridized carbons (Fsp3) is 0.409. The monoisotopic (exact) mass is 457 g/mol. The topological polar surface area (TPSA) is 201 Å². The van der Waals surface area contributed by atoms with Crippen LogP contribution in [-0.4, -0.2) is 81.1 Å². The third-order valence-electron chi connectivity index (χ3n) is 7.12. The molecule has 1 aromatic rings. The van der Waals surface area contributed by atoms with Crippen molar-refractivity contribution in [3.05, 3.63) is 29.8 Å². The highest BCUT2D eigenvalue weighted by molar-refractivity contribution is 6.33. The Morgan fingerprint density at radius 2 is 1.76 bits per heavy atom. The first-order valence-corrected chi connectivity index (χ1v) is 10.1. The standard InChI is InChI=1S/C22H23N3O8/c1-6-7-4-5-8(23)15(26)10(7)16(27)11-9(6)17(28)13-14(25(2)3)18(29)12(21(24)32)20(31)22(13,33)19(11)30/h4-5,9,11-14,17,26,28,33H,1,23H2,2-3H3,(H2,24,32)/t9?,11?,12?,13?,14?,17?,22-/m0/s1. The number of phenols is 1. The van der Waals surface area contributed by atoms with E-state index < -0.39 is 76.2 Å². The maximum atomic E-state index is 13.6. The van der Waals surface area contributed by atoms with Crippen molar-refractivity contribution in [1.82, 2.24) is 4.90 Å². The van der Waals surface area contributed by atoms with E-state index in [2.05, 4.69) is 6.58 Å². The molecule has 7 atom stereocenters. The van der Waals surface area contributed by atoms with E-state index >= 15 is 0 Å². The fourth-order valence-corrected chi connectivity index (χ4v) is 5.62. The van der Waals surface area contributed by atoms with Crippen LogP contribution in [0.5, 0.6) is 5.75 Å². The van der Waals surface area contributed by atoms with Crippen LogP contribution in [0.15, 0.2) is 18.7 Å². The Bertz CT molecular complexity index is 1170. The second-order valence-electron chi connectivity index (χ2n) is 8.98. The Balaban J connectivity index is 1.98. The molecule has 33 heavy (non-hydrogen) atoms. The third-order valence-corrected chi connectivity index (χ3v) is 7.12. The fourth-order valence-electron chi connectivity index (χ4n) is 5.62. The number of carbonyl (C=O) groups excluding carboxylic acids is 5. The van der Waals surface area contributed by atoms with E-state index in [1.165, 1.54) is 31.1 Å². The van der Waals surface area contributed by atoms with Gasteiger partial charge in [0.1, 0.15) is 5.75 Å². The zero-order valence-electron chi connectivity index (χ0n) is 17.8. The van der Waals surface area contributed by atoms with Crippen molar-refractivity contribution < 1.29 is 39.3 Å². The number of anilines is 1. The second kappa shape index (κ2) is 7.04. The molecule has 174 valence electrons. The van der Waals surface area contributed by atoms with Crippen molar-refractivity contribution >= 4 is 40.3 Å². The summed E-state index contributed by atoms with van der Waals surface area (Å²) in [5.41, 5.74) is 7.66. The number of amides is 1. The predicted molar refractivity (Wildman–Crippen MR) is 112 cm³/mol. The van der Waals surface area contributed by atoms with Gasteiger partial charge in [-0.1, -0.05) is 12.6 Å². The molecule has 0 saturated heterocycles. The van der Waals surface area contributed by atoms with Gasteiger partial charge in [0.05, 0.1) is 35.2 Å². The average molecular weight is 457 g/mol. The maximum Gasteiger partial charge on any atom is 0.235 e. The number of aliphatic hydroxyl groups excluding tert-OH is 1. The molecule has 0 aromatic heterocycles. The summed E-state index contributed by atoms with van der Waals surface area (Å²) in [7, 11) is 2.83. The molecule has 0 radical (unpaired) electrons. The number of nitrogens with zero attached hydrogens (tertiary/aromatic N) is 1. The van der Waals surface area contributed by atoms with E-state index in [1.807, 2.05) is 0 Å². The van der Waals surface area contributed by atoms with Crippen LogP contribution in [0.4, 0.5) is 5.69 Å². The number of benzene rings is 1. The number of Topliss-reactive ketones (excluding diaryl/α,β-unsaturated/α-hetero) is 4. The first kappa shape index (κ1) is 22.8. The summed E-state index contributed by atoms with van der Waals surface area (Å²) in [5, 5.41) is 33.2. The molecule has 11 nitrogen and oxygen atoms in total. The summed E-state index contributed by atoms with van der Waals surface area (Å²) in [6.07, 6.45) is -1.75. The van der Waals surface area contributed by atoms with Gasteiger partial charge in [-0.25, -0.2) is 0 Å². The number of nitrogens with two attached hydrogens (primary N) is 2. The van der Waals surface area contributed by atoms with E-state index in [9.17, 15) is 39.3 Å². The second-order valence-corrected chi connectivity index (χ2v) is 8.98. The molecule has 0 aliphatic heterocycles. The molecule has 0 bridgehead atoms. The summed E-state index contributed by atoms with van der Waals surface area (Å²) in [4.78, 5) is 66.4. The van der Waals surface area contributed by atoms with Crippen molar-refractivity contribution in [1.29, 1.82) is 0 Å². The van der Waals surface area contributed by atoms with E-state index in [-0.39, 0.29) is 22.4 Å². The highest BCUT2D eigenvalue weighted by Crippen LogP contribution is 2.54. The summed E-state index contributed by atoms with van der Waals surface area (Å²) in [6.45, 7) is 3.89. The molecule has 7 N–H and O–H groups in total. The lowest BCUT2D eigenvalue weighted by Gasteiger charge is -2.55. The predicted octanol–water partition coefficient (Wildman–Crippen LogP) is -2.11. The number of hydrogen-bond acceptors (Lipinski definition) is 10. The van der Waals surface area contributed by atoms with Crippen molar-refractivity contribution in [2.24, 2.45) is 29.4 Å². The number of aromatic hydroxyl groups is 1. The van der Waals surface area contributed by atoms with Gasteiger partial charge in [-0.05, 0) is 31.3 Å². The van der Waals surface area contributed by atoms with Crippen LogP contribution in [0.25, 0.3) is 5.57 Å². The Hall–Kier alpha value is -3.41. The van der Waals surface area contributed by atoms with Crippen LogP contribution < -0.4 is 11.5 Å². The minimum atomic E-state index is -3.05. The van der Waals surface area contributed by atoms with Crippen molar-refractivity contribution in [3.63, 3.8) is 0 Å². The van der Waals surface area contributed by atoms with Crippen LogP contribution in [0.1, 0.15) is 15.9 Å². The molecule has 3 aliphatic rings. The molecule has 2 fully saturated rings. The highest BCUT2D eigenvalue weighted by atomic mass is 16.3. The molecule has 4 rings (SSSR count). The molecule has 11 heteroatoms. The van der Waals surface area contributed by atoms with E-state index in [1.54, 1.807) is 0 Å². The Labute approximate surface area is 187 Å². The van der Waals surface area contributed by atoms with Gasteiger partial charge in [-0.2, -0.15) is 0 Å². The number of phenolic OH excluding ortho intramolecular Hbond substituents is 1. The highest BCUT2D eigenvalue weighted by Gasteiger charge is 2.72. The quantitative estimate of drug-likeness (QED) is 0.186. The summed E-state index contributed by atoms with van der Waals surface area (Å²) >= 11 is 0. The average Bonchev–Trinajstić information content (AvgIpc) is 2.72. The largest absolute Gasteiger partial charge is 0.505 e. The lowest BCUT2D eigenvalue weighted by Crippen LogP contribution is -2.77. The first-order chi connectivity index (χ1) is 15.3. The zero-order chi connectivity index (χ0) is 24.7. The lowest BCUT2D eigenvalue weighted by molar-refractivity contribution is -0.192. The normalized spacial score (nSPS) is 35.8. The van der Waals surface area contributed by atoms with E-state index in [4.69, 9.17) is 11.5 Å². The van der Waals surface area contributed by atoms with E-state index in [0.29, 0.717) is 0 Å².